The van der Waals surface area contributed by atoms with E-state index in [1.54, 1.807) is 6.92 Å². The van der Waals surface area contributed by atoms with Crippen molar-refractivity contribution in [3.8, 4) is 0 Å². The van der Waals surface area contributed by atoms with Gasteiger partial charge in [0.05, 0.1) is 24.2 Å². The van der Waals surface area contributed by atoms with Crippen molar-refractivity contribution in [2.75, 3.05) is 20.3 Å². The van der Waals surface area contributed by atoms with Crippen LogP contribution in [-0.4, -0.2) is 53.8 Å². The lowest BCUT2D eigenvalue weighted by Gasteiger charge is -2.31. The Kier molecular flexibility index (Phi) is 7.70. The quantitative estimate of drug-likeness (QED) is 0.230. The Morgan fingerprint density at radius 3 is 2.78 bits per heavy atom. The topological polar surface area (TPSA) is 65.4 Å². The molecule has 0 unspecified atom stereocenters. The minimum atomic E-state index is -0.219. The summed E-state index contributed by atoms with van der Waals surface area (Å²) in [5.41, 5.74) is 4.20. The van der Waals surface area contributed by atoms with E-state index < -0.39 is 0 Å². The van der Waals surface area contributed by atoms with Crippen LogP contribution in [0.1, 0.15) is 46.5 Å². The first-order valence-corrected chi connectivity index (χ1v) is 9.52. The van der Waals surface area contributed by atoms with Crippen LogP contribution in [0.25, 0.3) is 0 Å². The molecule has 0 aromatic rings. The van der Waals surface area contributed by atoms with E-state index in [-0.39, 0.29) is 11.5 Å². The van der Waals surface area contributed by atoms with Gasteiger partial charge in [0.1, 0.15) is 6.61 Å². The number of hydrogen-bond donors (Lipinski definition) is 1. The Morgan fingerprint density at radius 1 is 1.37 bits per heavy atom. The third-order valence-electron chi connectivity index (χ3n) is 4.71. The second-order valence-electron chi connectivity index (χ2n) is 7.20. The van der Waals surface area contributed by atoms with Crippen molar-refractivity contribution in [3.63, 3.8) is 0 Å². The molecule has 0 aromatic carbocycles. The summed E-state index contributed by atoms with van der Waals surface area (Å²) in [6.07, 6.45) is 11.4. The molecule has 1 N–H and O–H groups in total. The number of aldehydes is 1. The van der Waals surface area contributed by atoms with Crippen LogP contribution in [0.4, 0.5) is 0 Å². The monoisotopic (exact) mass is 373 g/mol. The Bertz CT molecular complexity index is 687. The van der Waals surface area contributed by atoms with Crippen molar-refractivity contribution in [3.05, 3.63) is 46.8 Å². The molecule has 2 rings (SSSR count). The zero-order valence-corrected chi connectivity index (χ0v) is 16.8. The number of carbonyl (C=O) groups excluding carboxylic acids is 1. The van der Waals surface area contributed by atoms with Crippen LogP contribution in [0.2, 0.25) is 0 Å². The minimum Gasteiger partial charge on any atom is -0.496 e. The van der Waals surface area contributed by atoms with Gasteiger partial charge in [0.2, 0.25) is 5.88 Å². The summed E-state index contributed by atoms with van der Waals surface area (Å²) in [4.78, 5) is 19.5. The summed E-state index contributed by atoms with van der Waals surface area (Å²) in [6, 6.07) is 0.437. The summed E-state index contributed by atoms with van der Waals surface area (Å²) in [6.45, 7) is 7.47. The third-order valence-corrected chi connectivity index (χ3v) is 4.71. The molecule has 0 saturated carbocycles. The predicted molar refractivity (Wildman–Crippen MR) is 108 cm³/mol. The first-order valence-electron chi connectivity index (χ1n) is 9.52. The lowest BCUT2D eigenvalue weighted by molar-refractivity contribution is -0.104. The van der Waals surface area contributed by atoms with Gasteiger partial charge < -0.3 is 19.6 Å². The first-order chi connectivity index (χ1) is 13.0. The number of hydrogen-bond acceptors (Lipinski definition) is 6. The molecule has 0 bridgehead atoms. The van der Waals surface area contributed by atoms with Crippen molar-refractivity contribution >= 4 is 12.5 Å². The van der Waals surface area contributed by atoms with Crippen molar-refractivity contribution in [2.45, 2.75) is 52.5 Å². The molecule has 6 nitrogen and oxygen atoms in total. The predicted octanol–water partition coefficient (Wildman–Crippen LogP) is 3.90. The number of rotatable bonds is 8. The van der Waals surface area contributed by atoms with E-state index in [1.807, 2.05) is 0 Å². The average molecular weight is 373 g/mol. The molecule has 1 heterocycles. The molecule has 0 amide bonds. The smallest absolute Gasteiger partial charge is 0.211 e. The highest BCUT2D eigenvalue weighted by atomic mass is 16.5. The van der Waals surface area contributed by atoms with Gasteiger partial charge in [-0.15, -0.1) is 0 Å². The molecule has 0 radical (unpaired) electrons. The second-order valence-corrected chi connectivity index (χ2v) is 7.20. The summed E-state index contributed by atoms with van der Waals surface area (Å²) in [5, 5.41) is 9.57. The van der Waals surface area contributed by atoms with Gasteiger partial charge in [0.25, 0.3) is 0 Å². The number of allylic oxidation sites excluding steroid dienone is 3. The molecule has 0 fully saturated rings. The molecule has 0 spiro atoms. The Labute approximate surface area is 162 Å². The molecule has 0 atom stereocenters. The number of carbonyl (C=O) groups is 1. The largest absolute Gasteiger partial charge is 0.496 e. The molecule has 1 aliphatic heterocycles. The normalized spacial score (nSPS) is 19.4. The highest BCUT2D eigenvalue weighted by molar-refractivity contribution is 5.77. The van der Waals surface area contributed by atoms with Crippen molar-refractivity contribution in [2.24, 2.45) is 4.99 Å². The Hall–Kier alpha value is -2.50. The van der Waals surface area contributed by atoms with E-state index >= 15 is 0 Å². The highest BCUT2D eigenvalue weighted by Crippen LogP contribution is 2.35. The molecule has 6 heteroatoms. The van der Waals surface area contributed by atoms with Crippen LogP contribution in [0.15, 0.2) is 51.8 Å². The number of aliphatic hydroxyl groups excluding tert-OH is 1. The molecule has 148 valence electrons. The fraction of sp³-hybridized carbons (Fsp3) is 0.524. The number of aliphatic hydroxyl groups is 1. The lowest BCUT2D eigenvalue weighted by atomic mass is 9.89. The van der Waals surface area contributed by atoms with E-state index in [2.05, 4.69) is 41.9 Å². The van der Waals surface area contributed by atoms with Gasteiger partial charge >= 0.3 is 0 Å². The molecular weight excluding hydrogens is 342 g/mol. The maximum Gasteiger partial charge on any atom is 0.211 e. The molecule has 27 heavy (non-hydrogen) atoms. The maximum absolute atomic E-state index is 11.2. The van der Waals surface area contributed by atoms with Gasteiger partial charge in [-0.25, -0.2) is 4.99 Å². The Balaban J connectivity index is 2.17. The SMILES string of the molecule is C\C=N/C(O)=C\C(C=O)=C\OCC1=C(C2=CN(C)CN2C(C)C)CCCC1. The number of ether oxygens (including phenoxy) is 1. The minimum absolute atomic E-state index is 0.219. The van der Waals surface area contributed by atoms with Gasteiger partial charge in [-0.05, 0) is 57.6 Å². The van der Waals surface area contributed by atoms with E-state index in [4.69, 9.17) is 4.74 Å². The van der Waals surface area contributed by atoms with Crippen LogP contribution >= 0.6 is 0 Å². The third kappa shape index (κ3) is 5.74. The molecule has 2 aliphatic rings. The fourth-order valence-corrected chi connectivity index (χ4v) is 3.42. The van der Waals surface area contributed by atoms with Crippen LogP contribution in [-0.2, 0) is 9.53 Å². The van der Waals surface area contributed by atoms with Crippen LogP contribution in [0.5, 0.6) is 0 Å². The van der Waals surface area contributed by atoms with Gasteiger partial charge in [0, 0.05) is 31.6 Å². The maximum atomic E-state index is 11.2. The van der Waals surface area contributed by atoms with Crippen LogP contribution in [0.3, 0.4) is 0 Å². The fourth-order valence-electron chi connectivity index (χ4n) is 3.42. The molecule has 0 saturated heterocycles. The van der Waals surface area contributed by atoms with Gasteiger partial charge in [-0.2, -0.15) is 0 Å². The van der Waals surface area contributed by atoms with Crippen LogP contribution in [0, 0.1) is 0 Å². The summed E-state index contributed by atoms with van der Waals surface area (Å²) < 4.78 is 5.70. The lowest BCUT2D eigenvalue weighted by Crippen LogP contribution is -2.32. The first kappa shape index (κ1) is 20.8. The molecule has 0 aromatic heterocycles. The second kappa shape index (κ2) is 10.00. The molecule has 1 aliphatic carbocycles. The van der Waals surface area contributed by atoms with Crippen molar-refractivity contribution < 1.29 is 14.6 Å². The zero-order chi connectivity index (χ0) is 19.8. The Morgan fingerprint density at radius 2 is 2.11 bits per heavy atom. The van der Waals surface area contributed by atoms with E-state index in [9.17, 15) is 9.90 Å². The molecular formula is C21H31N3O3. The van der Waals surface area contributed by atoms with E-state index in [0.29, 0.717) is 18.9 Å². The van der Waals surface area contributed by atoms with E-state index in [0.717, 1.165) is 25.9 Å². The van der Waals surface area contributed by atoms with Crippen molar-refractivity contribution in [1.82, 2.24) is 9.80 Å². The standard InChI is InChI=1S/C21H31N3O3/c1-5-22-21(26)10-17(12-25)13-27-14-18-8-6-7-9-19(18)20-11-23(4)15-24(20)16(2)3/h5,10-13,16,26H,6-9,14-15H2,1-4H3/b17-13-,21-10+,22-5-. The van der Waals surface area contributed by atoms with Gasteiger partial charge in [-0.1, -0.05) is 0 Å². The zero-order valence-electron chi connectivity index (χ0n) is 16.8. The summed E-state index contributed by atoms with van der Waals surface area (Å²) >= 11 is 0. The summed E-state index contributed by atoms with van der Waals surface area (Å²) in [7, 11) is 2.10. The highest BCUT2D eigenvalue weighted by Gasteiger charge is 2.27. The van der Waals surface area contributed by atoms with Crippen molar-refractivity contribution in [1.29, 1.82) is 0 Å². The van der Waals surface area contributed by atoms with E-state index in [1.165, 1.54) is 41.8 Å². The van der Waals surface area contributed by atoms with Gasteiger partial charge in [-0.3, -0.25) is 4.79 Å². The van der Waals surface area contributed by atoms with Gasteiger partial charge in [0.15, 0.2) is 6.29 Å². The van der Waals surface area contributed by atoms with Crippen LogP contribution < -0.4 is 0 Å². The number of aliphatic imine (C=N–C) groups is 1. The summed E-state index contributed by atoms with van der Waals surface area (Å²) in [5.74, 6) is -0.219. The average Bonchev–Trinajstić information content (AvgIpc) is 3.03. The number of nitrogens with zero attached hydrogens (tertiary/aromatic N) is 3.